The normalized spacial score (nSPS) is 28.1. The first-order chi connectivity index (χ1) is 6.97. The van der Waals surface area contributed by atoms with Gasteiger partial charge < -0.3 is 4.74 Å². The highest BCUT2D eigenvalue weighted by Gasteiger charge is 2.30. The van der Waals surface area contributed by atoms with Crippen molar-refractivity contribution >= 4 is 5.97 Å². The molecule has 0 aromatic rings. The average Bonchev–Trinajstić information content (AvgIpc) is 2.73. The van der Waals surface area contributed by atoms with Gasteiger partial charge in [0.25, 0.3) is 0 Å². The number of hydrogen-bond acceptors (Lipinski definition) is 2. The van der Waals surface area contributed by atoms with Crippen LogP contribution in [-0.2, 0) is 9.53 Å². The minimum Gasteiger partial charge on any atom is -0.461 e. The lowest BCUT2D eigenvalue weighted by molar-refractivity contribution is -0.151. The van der Waals surface area contributed by atoms with E-state index >= 15 is 0 Å². The van der Waals surface area contributed by atoms with Crippen LogP contribution in [0.5, 0.6) is 0 Å². The lowest BCUT2D eigenvalue weighted by atomic mass is 9.97. The number of carbonyl (C=O) groups is 1. The molecular weight excluding hydrogens is 188 g/mol. The van der Waals surface area contributed by atoms with E-state index in [1.807, 2.05) is 20.8 Å². The molecule has 0 saturated heterocycles. The smallest absolute Gasteiger partial charge is 0.311 e. The second-order valence-corrected chi connectivity index (χ2v) is 5.46. The summed E-state index contributed by atoms with van der Waals surface area (Å²) in [6.07, 6.45) is 7.88. The molecule has 0 aromatic carbocycles. The van der Waals surface area contributed by atoms with Crippen molar-refractivity contribution in [2.45, 2.75) is 27.2 Å². The van der Waals surface area contributed by atoms with Crippen molar-refractivity contribution in [2.75, 3.05) is 6.61 Å². The first kappa shape index (κ1) is 10.5. The van der Waals surface area contributed by atoms with Gasteiger partial charge in [-0.25, -0.2) is 0 Å². The van der Waals surface area contributed by atoms with Crippen LogP contribution >= 0.6 is 0 Å². The van der Waals surface area contributed by atoms with Crippen LogP contribution in [0.15, 0.2) is 23.8 Å². The number of fused-ring (bicyclic) bond motifs is 2. The SMILES string of the molecule is CC(C)(C)C(=O)OCC1=C[C@@H]2C=C[C@H]1C2. The fraction of sp³-hybridized carbons (Fsp3) is 0.615. The molecule has 2 aliphatic carbocycles. The van der Waals surface area contributed by atoms with Gasteiger partial charge in [0.05, 0.1) is 5.41 Å². The third kappa shape index (κ3) is 2.14. The van der Waals surface area contributed by atoms with E-state index in [2.05, 4.69) is 18.2 Å². The van der Waals surface area contributed by atoms with E-state index in [1.165, 1.54) is 12.0 Å². The molecule has 15 heavy (non-hydrogen) atoms. The van der Waals surface area contributed by atoms with Gasteiger partial charge in [0.15, 0.2) is 0 Å². The van der Waals surface area contributed by atoms with Gasteiger partial charge in [-0.1, -0.05) is 18.2 Å². The highest BCUT2D eigenvalue weighted by atomic mass is 16.5. The third-order valence-corrected chi connectivity index (χ3v) is 3.00. The van der Waals surface area contributed by atoms with Crippen LogP contribution in [0.3, 0.4) is 0 Å². The van der Waals surface area contributed by atoms with Crippen LogP contribution in [0.4, 0.5) is 0 Å². The van der Waals surface area contributed by atoms with Gasteiger partial charge in [0.1, 0.15) is 6.61 Å². The van der Waals surface area contributed by atoms with E-state index in [0.717, 1.165) is 0 Å². The molecule has 2 atom stereocenters. The van der Waals surface area contributed by atoms with Crippen LogP contribution in [0.2, 0.25) is 0 Å². The molecule has 0 unspecified atom stereocenters. The monoisotopic (exact) mass is 206 g/mol. The Hall–Kier alpha value is -1.05. The number of esters is 1. The summed E-state index contributed by atoms with van der Waals surface area (Å²) in [6.45, 7) is 6.11. The summed E-state index contributed by atoms with van der Waals surface area (Å²) in [4.78, 5) is 11.6. The number of carbonyl (C=O) groups excluding carboxylic acids is 1. The first-order valence-corrected chi connectivity index (χ1v) is 5.53. The van der Waals surface area contributed by atoms with Gasteiger partial charge >= 0.3 is 5.97 Å². The Morgan fingerprint density at radius 2 is 2.20 bits per heavy atom. The second kappa shape index (κ2) is 3.51. The Balaban J connectivity index is 1.85. The summed E-state index contributed by atoms with van der Waals surface area (Å²) in [5.41, 5.74) is 0.883. The van der Waals surface area contributed by atoms with Gasteiger partial charge in [-0.3, -0.25) is 4.79 Å². The van der Waals surface area contributed by atoms with E-state index in [1.54, 1.807) is 0 Å². The topological polar surface area (TPSA) is 26.3 Å². The van der Waals surface area contributed by atoms with E-state index in [4.69, 9.17) is 4.74 Å². The molecule has 2 heteroatoms. The molecule has 0 aromatic heterocycles. The van der Waals surface area contributed by atoms with Crippen LogP contribution < -0.4 is 0 Å². The number of ether oxygens (including phenoxy) is 1. The van der Waals surface area contributed by atoms with Gasteiger partial charge in [0.2, 0.25) is 0 Å². The van der Waals surface area contributed by atoms with E-state index in [0.29, 0.717) is 18.4 Å². The standard InChI is InChI=1S/C13H18O2/c1-13(2,3)12(14)15-8-11-7-9-4-5-10(11)6-9/h4-5,7,9-10H,6,8H2,1-3H3/t9-,10+/m1/s1. The molecule has 0 fully saturated rings. The molecular formula is C13H18O2. The van der Waals surface area contributed by atoms with Gasteiger partial charge in [-0.2, -0.15) is 0 Å². The molecule has 0 N–H and O–H groups in total. The molecule has 0 aliphatic heterocycles. The highest BCUT2D eigenvalue weighted by molar-refractivity contribution is 5.75. The summed E-state index contributed by atoms with van der Waals surface area (Å²) >= 11 is 0. The zero-order chi connectivity index (χ0) is 11.1. The summed E-state index contributed by atoms with van der Waals surface area (Å²) in [5, 5.41) is 0. The van der Waals surface area contributed by atoms with Gasteiger partial charge in [-0.05, 0) is 38.7 Å². The maximum atomic E-state index is 11.6. The van der Waals surface area contributed by atoms with E-state index in [-0.39, 0.29) is 5.97 Å². The molecule has 2 aliphatic rings. The van der Waals surface area contributed by atoms with Crippen LogP contribution in [0.25, 0.3) is 0 Å². The van der Waals surface area contributed by atoms with Crippen LogP contribution in [0.1, 0.15) is 27.2 Å². The summed E-state index contributed by atoms with van der Waals surface area (Å²) in [7, 11) is 0. The molecule has 2 nitrogen and oxygen atoms in total. The maximum Gasteiger partial charge on any atom is 0.311 e. The number of allylic oxidation sites excluding steroid dienone is 3. The number of rotatable bonds is 2. The molecule has 0 radical (unpaired) electrons. The summed E-state index contributed by atoms with van der Waals surface area (Å²) in [6, 6.07) is 0. The molecule has 2 bridgehead atoms. The minimum absolute atomic E-state index is 0.116. The molecule has 2 rings (SSSR count). The third-order valence-electron chi connectivity index (χ3n) is 3.00. The Bertz CT molecular complexity index is 331. The fourth-order valence-corrected chi connectivity index (χ4v) is 2.04. The van der Waals surface area contributed by atoms with Crippen LogP contribution in [-0.4, -0.2) is 12.6 Å². The molecule has 82 valence electrons. The minimum atomic E-state index is -0.395. The zero-order valence-corrected chi connectivity index (χ0v) is 9.62. The Morgan fingerprint density at radius 3 is 2.67 bits per heavy atom. The molecule has 0 spiro atoms. The quantitative estimate of drug-likeness (QED) is 0.513. The summed E-state index contributed by atoms with van der Waals surface area (Å²) in [5.74, 6) is 1.01. The second-order valence-electron chi connectivity index (χ2n) is 5.46. The van der Waals surface area contributed by atoms with Crippen LogP contribution in [0, 0.1) is 17.3 Å². The Kier molecular flexibility index (Phi) is 2.45. The lowest BCUT2D eigenvalue weighted by Crippen LogP contribution is -2.24. The molecule has 0 heterocycles. The van der Waals surface area contributed by atoms with Crippen molar-refractivity contribution < 1.29 is 9.53 Å². The molecule has 0 amide bonds. The fourth-order valence-electron chi connectivity index (χ4n) is 2.04. The van der Waals surface area contributed by atoms with Crippen molar-refractivity contribution in [3.63, 3.8) is 0 Å². The van der Waals surface area contributed by atoms with Crippen molar-refractivity contribution in [2.24, 2.45) is 17.3 Å². The molecule has 0 saturated carbocycles. The van der Waals surface area contributed by atoms with Crippen molar-refractivity contribution in [3.8, 4) is 0 Å². The Morgan fingerprint density at radius 1 is 1.47 bits per heavy atom. The lowest BCUT2D eigenvalue weighted by Gasteiger charge is -2.18. The number of hydrogen-bond donors (Lipinski definition) is 0. The first-order valence-electron chi connectivity index (χ1n) is 5.53. The predicted molar refractivity (Wildman–Crippen MR) is 59.2 cm³/mol. The van der Waals surface area contributed by atoms with E-state index < -0.39 is 5.41 Å². The maximum absolute atomic E-state index is 11.6. The largest absolute Gasteiger partial charge is 0.461 e. The predicted octanol–water partition coefficient (Wildman–Crippen LogP) is 2.71. The van der Waals surface area contributed by atoms with Gasteiger partial charge in [-0.15, -0.1) is 0 Å². The van der Waals surface area contributed by atoms with E-state index in [9.17, 15) is 4.79 Å². The zero-order valence-electron chi connectivity index (χ0n) is 9.62. The van der Waals surface area contributed by atoms with Crippen molar-refractivity contribution in [1.82, 2.24) is 0 Å². The highest BCUT2D eigenvalue weighted by Crippen LogP contribution is 2.38. The van der Waals surface area contributed by atoms with Crippen molar-refractivity contribution in [1.29, 1.82) is 0 Å². The Labute approximate surface area is 91.0 Å². The van der Waals surface area contributed by atoms with Crippen molar-refractivity contribution in [3.05, 3.63) is 23.8 Å². The summed E-state index contributed by atoms with van der Waals surface area (Å²) < 4.78 is 5.30. The van der Waals surface area contributed by atoms with Gasteiger partial charge in [0, 0.05) is 5.92 Å². The average molecular weight is 206 g/mol.